The van der Waals surface area contributed by atoms with Crippen LogP contribution in [-0.2, 0) is 10.0 Å². The summed E-state index contributed by atoms with van der Waals surface area (Å²) in [6.07, 6.45) is 0.116. The minimum Gasteiger partial charge on any atom is -0.207 e. The second-order valence-electron chi connectivity index (χ2n) is 4.74. The largest absolute Gasteiger partial charge is 0.244 e. The third-order valence-electron chi connectivity index (χ3n) is 2.55. The highest BCUT2D eigenvalue weighted by Crippen LogP contribution is 2.26. The van der Waals surface area contributed by atoms with E-state index in [2.05, 4.69) is 15.9 Å². The molecule has 0 heterocycles. The Labute approximate surface area is 127 Å². The Morgan fingerprint density at radius 1 is 1.45 bits per heavy atom. The summed E-state index contributed by atoms with van der Waals surface area (Å²) in [5, 5.41) is 8.65. The normalized spacial score (nSPS) is 11.8. The molecule has 0 spiro atoms. The lowest BCUT2D eigenvalue weighted by Gasteiger charge is -2.23. The van der Waals surface area contributed by atoms with Crippen LogP contribution in [-0.4, -0.2) is 25.8 Å². The minimum absolute atomic E-state index is 0.0116. The van der Waals surface area contributed by atoms with E-state index < -0.39 is 15.8 Å². The van der Waals surface area contributed by atoms with Crippen molar-refractivity contribution in [2.75, 3.05) is 13.1 Å². The minimum atomic E-state index is -3.75. The highest BCUT2D eigenvalue weighted by Gasteiger charge is 2.27. The second kappa shape index (κ2) is 7.16. The molecule has 7 heteroatoms. The molecule has 0 amide bonds. The van der Waals surface area contributed by atoms with Gasteiger partial charge >= 0.3 is 0 Å². The van der Waals surface area contributed by atoms with Crippen molar-refractivity contribution in [3.63, 3.8) is 0 Å². The molecule has 0 aliphatic carbocycles. The molecule has 0 saturated heterocycles. The molecule has 0 bridgehead atoms. The molecule has 0 aromatic heterocycles. The molecule has 0 aliphatic heterocycles. The van der Waals surface area contributed by atoms with E-state index in [9.17, 15) is 12.8 Å². The zero-order chi connectivity index (χ0) is 15.3. The van der Waals surface area contributed by atoms with Gasteiger partial charge in [0, 0.05) is 24.0 Å². The Balaban J connectivity index is 3.18. The standard InChI is InChI=1S/C13H16BrFN2O2S/c1-10(2)9-17(7-3-6-16)20(18,19)13-5-4-11(15)8-12(13)14/h4-5,8,10H,3,7,9H2,1-2H3. The summed E-state index contributed by atoms with van der Waals surface area (Å²) in [7, 11) is -3.75. The molecule has 0 atom stereocenters. The Kier molecular flexibility index (Phi) is 6.11. The number of hydrogen-bond acceptors (Lipinski definition) is 3. The average molecular weight is 363 g/mol. The summed E-state index contributed by atoms with van der Waals surface area (Å²) >= 11 is 3.07. The summed E-state index contributed by atoms with van der Waals surface area (Å²) in [6, 6.07) is 5.39. The predicted octanol–water partition coefficient (Wildman–Crippen LogP) is 3.15. The van der Waals surface area contributed by atoms with E-state index in [0.717, 1.165) is 12.1 Å². The molecule has 0 radical (unpaired) electrons. The molecule has 1 aromatic rings. The van der Waals surface area contributed by atoms with Crippen molar-refractivity contribution in [3.05, 3.63) is 28.5 Å². The third kappa shape index (κ3) is 4.27. The topological polar surface area (TPSA) is 61.2 Å². The Hall–Kier alpha value is -0.970. The van der Waals surface area contributed by atoms with Gasteiger partial charge < -0.3 is 0 Å². The van der Waals surface area contributed by atoms with Gasteiger partial charge in [-0.1, -0.05) is 13.8 Å². The molecule has 4 nitrogen and oxygen atoms in total. The molecule has 110 valence electrons. The van der Waals surface area contributed by atoms with Gasteiger partial charge in [-0.25, -0.2) is 12.8 Å². The maximum atomic E-state index is 13.1. The highest BCUT2D eigenvalue weighted by atomic mass is 79.9. The van der Waals surface area contributed by atoms with Crippen LogP contribution in [0.4, 0.5) is 4.39 Å². The van der Waals surface area contributed by atoms with Crippen molar-refractivity contribution in [3.8, 4) is 6.07 Å². The van der Waals surface area contributed by atoms with Crippen LogP contribution in [0, 0.1) is 23.1 Å². The lowest BCUT2D eigenvalue weighted by Crippen LogP contribution is -2.35. The van der Waals surface area contributed by atoms with Crippen LogP contribution >= 0.6 is 15.9 Å². The molecule has 1 aromatic carbocycles. The zero-order valence-electron chi connectivity index (χ0n) is 11.3. The lowest BCUT2D eigenvalue weighted by atomic mass is 10.2. The lowest BCUT2D eigenvalue weighted by molar-refractivity contribution is 0.372. The SMILES string of the molecule is CC(C)CN(CCC#N)S(=O)(=O)c1ccc(F)cc1Br. The molecule has 1 rings (SSSR count). The summed E-state index contributed by atoms with van der Waals surface area (Å²) in [5.41, 5.74) is 0. The van der Waals surface area contributed by atoms with Crippen LogP contribution in [0.5, 0.6) is 0 Å². The first-order chi connectivity index (χ1) is 9.28. The van der Waals surface area contributed by atoms with Gasteiger partial charge in [0.2, 0.25) is 10.0 Å². The fourth-order valence-electron chi connectivity index (χ4n) is 1.72. The first-order valence-corrected chi connectivity index (χ1v) is 8.34. The molecule has 20 heavy (non-hydrogen) atoms. The van der Waals surface area contributed by atoms with Crippen LogP contribution in [0.15, 0.2) is 27.6 Å². The molecule has 0 fully saturated rings. The van der Waals surface area contributed by atoms with Crippen LogP contribution in [0.2, 0.25) is 0 Å². The van der Waals surface area contributed by atoms with E-state index in [0.29, 0.717) is 6.54 Å². The van der Waals surface area contributed by atoms with Crippen molar-refractivity contribution < 1.29 is 12.8 Å². The first kappa shape index (κ1) is 17.1. The third-order valence-corrected chi connectivity index (χ3v) is 5.40. The molecule has 0 saturated carbocycles. The Morgan fingerprint density at radius 3 is 2.60 bits per heavy atom. The molecule has 0 aliphatic rings. The number of sulfonamides is 1. The van der Waals surface area contributed by atoms with Gasteiger partial charge in [-0.3, -0.25) is 0 Å². The maximum Gasteiger partial charge on any atom is 0.244 e. The van der Waals surface area contributed by atoms with E-state index in [-0.39, 0.29) is 28.3 Å². The number of benzene rings is 1. The first-order valence-electron chi connectivity index (χ1n) is 6.11. The van der Waals surface area contributed by atoms with E-state index >= 15 is 0 Å². The average Bonchev–Trinajstić information content (AvgIpc) is 2.33. The number of hydrogen-bond donors (Lipinski definition) is 0. The van der Waals surface area contributed by atoms with Gasteiger partial charge in [0.25, 0.3) is 0 Å². The fourth-order valence-corrected chi connectivity index (χ4v) is 4.33. The van der Waals surface area contributed by atoms with Gasteiger partial charge in [-0.2, -0.15) is 9.57 Å². The fraction of sp³-hybridized carbons (Fsp3) is 0.462. The second-order valence-corrected chi connectivity index (χ2v) is 7.50. The van der Waals surface area contributed by atoms with Crippen molar-refractivity contribution in [1.82, 2.24) is 4.31 Å². The van der Waals surface area contributed by atoms with Crippen LogP contribution < -0.4 is 0 Å². The molecule has 0 N–H and O–H groups in total. The van der Waals surface area contributed by atoms with Gasteiger partial charge in [0.05, 0.1) is 11.0 Å². The maximum absolute atomic E-state index is 13.1. The quantitative estimate of drug-likeness (QED) is 0.780. The van der Waals surface area contributed by atoms with Gasteiger partial charge in [0.15, 0.2) is 0 Å². The van der Waals surface area contributed by atoms with E-state index in [4.69, 9.17) is 5.26 Å². The zero-order valence-corrected chi connectivity index (χ0v) is 13.7. The molecule has 0 unspecified atom stereocenters. The van der Waals surface area contributed by atoms with E-state index in [1.807, 2.05) is 19.9 Å². The summed E-state index contributed by atoms with van der Waals surface area (Å²) in [4.78, 5) is 0.0116. The Bertz CT molecular complexity index is 611. The summed E-state index contributed by atoms with van der Waals surface area (Å²) in [5.74, 6) is -0.383. The number of nitriles is 1. The van der Waals surface area contributed by atoms with Crippen LogP contribution in [0.3, 0.4) is 0 Å². The number of nitrogens with zero attached hydrogens (tertiary/aromatic N) is 2. The molecular weight excluding hydrogens is 347 g/mol. The van der Waals surface area contributed by atoms with Crippen molar-refractivity contribution in [2.24, 2.45) is 5.92 Å². The predicted molar refractivity (Wildman–Crippen MR) is 77.9 cm³/mol. The van der Waals surface area contributed by atoms with Gasteiger partial charge in [-0.15, -0.1) is 0 Å². The van der Waals surface area contributed by atoms with Gasteiger partial charge in [0.1, 0.15) is 5.82 Å². The van der Waals surface area contributed by atoms with Crippen molar-refractivity contribution in [1.29, 1.82) is 5.26 Å². The van der Waals surface area contributed by atoms with Crippen molar-refractivity contribution in [2.45, 2.75) is 25.2 Å². The number of rotatable bonds is 6. The monoisotopic (exact) mass is 362 g/mol. The number of halogens is 2. The van der Waals surface area contributed by atoms with Crippen LogP contribution in [0.1, 0.15) is 20.3 Å². The van der Waals surface area contributed by atoms with Gasteiger partial charge in [-0.05, 0) is 40.0 Å². The van der Waals surface area contributed by atoms with Crippen LogP contribution in [0.25, 0.3) is 0 Å². The van der Waals surface area contributed by atoms with E-state index in [1.165, 1.54) is 10.4 Å². The Morgan fingerprint density at radius 2 is 2.10 bits per heavy atom. The summed E-state index contributed by atoms with van der Waals surface area (Å²) < 4.78 is 39.7. The van der Waals surface area contributed by atoms with Crippen molar-refractivity contribution >= 4 is 26.0 Å². The van der Waals surface area contributed by atoms with E-state index in [1.54, 1.807) is 0 Å². The summed E-state index contributed by atoms with van der Waals surface area (Å²) in [6.45, 7) is 4.23. The smallest absolute Gasteiger partial charge is 0.207 e. The molecular formula is C13H16BrFN2O2S. The highest BCUT2D eigenvalue weighted by molar-refractivity contribution is 9.10.